The van der Waals surface area contributed by atoms with Crippen LogP contribution in [0.1, 0.15) is 13.3 Å². The van der Waals surface area contributed by atoms with E-state index in [-0.39, 0.29) is 11.5 Å². The van der Waals surface area contributed by atoms with Crippen LogP contribution in [0.15, 0.2) is 35.1 Å². The van der Waals surface area contributed by atoms with E-state index < -0.39 is 0 Å². The van der Waals surface area contributed by atoms with Gasteiger partial charge in [0.05, 0.1) is 5.52 Å². The van der Waals surface area contributed by atoms with Crippen LogP contribution in [0.4, 0.5) is 5.69 Å². The SMILES string of the molecule is CCNC(=O)CCNc1cc(=O)n(C)c2ccccc12. The summed E-state index contributed by atoms with van der Waals surface area (Å²) in [6.07, 6.45) is 0.386. The van der Waals surface area contributed by atoms with Crippen molar-refractivity contribution >= 4 is 22.5 Å². The van der Waals surface area contributed by atoms with Crippen molar-refractivity contribution in [3.05, 3.63) is 40.7 Å². The third kappa shape index (κ3) is 2.99. The molecule has 106 valence electrons. The van der Waals surface area contributed by atoms with Crippen molar-refractivity contribution in [2.24, 2.45) is 7.05 Å². The molecule has 2 rings (SSSR count). The molecular weight excluding hydrogens is 254 g/mol. The summed E-state index contributed by atoms with van der Waals surface area (Å²) in [7, 11) is 1.75. The molecule has 0 saturated carbocycles. The zero-order valence-corrected chi connectivity index (χ0v) is 11.8. The van der Waals surface area contributed by atoms with Crippen LogP contribution < -0.4 is 16.2 Å². The maximum Gasteiger partial charge on any atom is 0.252 e. The van der Waals surface area contributed by atoms with Crippen LogP contribution in [0.2, 0.25) is 0 Å². The summed E-state index contributed by atoms with van der Waals surface area (Å²) in [4.78, 5) is 23.3. The van der Waals surface area contributed by atoms with Gasteiger partial charge in [-0.3, -0.25) is 9.59 Å². The standard InChI is InChI=1S/C15H19N3O2/c1-3-16-14(19)8-9-17-12-10-15(20)18(2)13-7-5-4-6-11(12)13/h4-7,10,17H,3,8-9H2,1-2H3,(H,16,19). The molecule has 0 bridgehead atoms. The van der Waals surface area contributed by atoms with Gasteiger partial charge in [-0.2, -0.15) is 0 Å². The molecule has 5 nitrogen and oxygen atoms in total. The van der Waals surface area contributed by atoms with Crippen LogP contribution in [0.25, 0.3) is 10.9 Å². The van der Waals surface area contributed by atoms with E-state index in [0.29, 0.717) is 19.5 Å². The second-order valence-electron chi connectivity index (χ2n) is 4.60. The highest BCUT2D eigenvalue weighted by Crippen LogP contribution is 2.20. The minimum absolute atomic E-state index is 0.00754. The number of pyridine rings is 1. The number of hydrogen-bond acceptors (Lipinski definition) is 3. The van der Waals surface area contributed by atoms with E-state index in [1.54, 1.807) is 17.7 Å². The Morgan fingerprint density at radius 2 is 2.05 bits per heavy atom. The molecule has 0 saturated heterocycles. The number of carbonyl (C=O) groups excluding carboxylic acids is 1. The van der Waals surface area contributed by atoms with Gasteiger partial charge in [-0.15, -0.1) is 0 Å². The minimum atomic E-state index is -0.0655. The predicted molar refractivity (Wildman–Crippen MR) is 81.0 cm³/mol. The second-order valence-corrected chi connectivity index (χ2v) is 4.60. The topological polar surface area (TPSA) is 63.1 Å². The molecule has 0 atom stereocenters. The highest BCUT2D eigenvalue weighted by molar-refractivity contribution is 5.91. The van der Waals surface area contributed by atoms with Crippen molar-refractivity contribution in [3.8, 4) is 0 Å². The summed E-state index contributed by atoms with van der Waals surface area (Å²) < 4.78 is 1.62. The number of nitrogens with one attached hydrogen (secondary N) is 2. The van der Waals surface area contributed by atoms with Crippen molar-refractivity contribution in [2.75, 3.05) is 18.4 Å². The summed E-state index contributed by atoms with van der Waals surface area (Å²) in [5.74, 6) is 0.00754. The Morgan fingerprint density at radius 1 is 1.30 bits per heavy atom. The summed E-state index contributed by atoms with van der Waals surface area (Å²) in [6.45, 7) is 3.02. The molecule has 1 aromatic carbocycles. The number of fused-ring (bicyclic) bond motifs is 1. The molecule has 1 heterocycles. The van der Waals surface area contributed by atoms with Gasteiger partial charge in [0.15, 0.2) is 0 Å². The molecule has 5 heteroatoms. The number of anilines is 1. The zero-order chi connectivity index (χ0) is 14.5. The third-order valence-electron chi connectivity index (χ3n) is 3.20. The largest absolute Gasteiger partial charge is 0.384 e. The lowest BCUT2D eigenvalue weighted by Gasteiger charge is -2.12. The van der Waals surface area contributed by atoms with Gasteiger partial charge in [-0.1, -0.05) is 18.2 Å². The Morgan fingerprint density at radius 3 is 2.80 bits per heavy atom. The van der Waals surface area contributed by atoms with Crippen LogP contribution >= 0.6 is 0 Å². The highest BCUT2D eigenvalue weighted by atomic mass is 16.1. The summed E-state index contributed by atoms with van der Waals surface area (Å²) in [5, 5.41) is 6.89. The van der Waals surface area contributed by atoms with Crippen molar-refractivity contribution in [1.82, 2.24) is 9.88 Å². The number of aryl methyl sites for hydroxylation is 1. The average molecular weight is 273 g/mol. The molecule has 0 spiro atoms. The van der Waals surface area contributed by atoms with Crippen LogP contribution in [-0.4, -0.2) is 23.6 Å². The van der Waals surface area contributed by atoms with E-state index in [1.165, 1.54) is 0 Å². The first-order valence-electron chi connectivity index (χ1n) is 6.73. The van der Waals surface area contributed by atoms with E-state index in [2.05, 4.69) is 10.6 Å². The maximum atomic E-state index is 11.9. The average Bonchev–Trinajstić information content (AvgIpc) is 2.44. The zero-order valence-electron chi connectivity index (χ0n) is 11.8. The van der Waals surface area contributed by atoms with Crippen LogP contribution in [0, 0.1) is 0 Å². The fourth-order valence-corrected chi connectivity index (χ4v) is 2.15. The monoisotopic (exact) mass is 273 g/mol. The first-order valence-corrected chi connectivity index (χ1v) is 6.73. The lowest BCUT2D eigenvalue weighted by Crippen LogP contribution is -2.25. The number of para-hydroxylation sites is 1. The van der Waals surface area contributed by atoms with E-state index in [0.717, 1.165) is 16.6 Å². The molecule has 0 fully saturated rings. The Hall–Kier alpha value is -2.30. The smallest absolute Gasteiger partial charge is 0.252 e. The third-order valence-corrected chi connectivity index (χ3v) is 3.20. The first kappa shape index (κ1) is 14.1. The predicted octanol–water partition coefficient (Wildman–Crippen LogP) is 1.48. The number of aromatic nitrogens is 1. The van der Waals surface area contributed by atoms with Crippen molar-refractivity contribution < 1.29 is 4.79 Å². The highest BCUT2D eigenvalue weighted by Gasteiger charge is 2.06. The van der Waals surface area contributed by atoms with Crippen LogP contribution in [0.3, 0.4) is 0 Å². The lowest BCUT2D eigenvalue weighted by atomic mass is 10.1. The second kappa shape index (κ2) is 6.23. The minimum Gasteiger partial charge on any atom is -0.384 e. The summed E-state index contributed by atoms with van der Waals surface area (Å²) in [6, 6.07) is 9.27. The molecular formula is C15H19N3O2. The Kier molecular flexibility index (Phi) is 4.40. The van der Waals surface area contributed by atoms with E-state index in [1.807, 2.05) is 31.2 Å². The van der Waals surface area contributed by atoms with Gasteiger partial charge in [0.25, 0.3) is 5.56 Å². The molecule has 0 aliphatic rings. The Labute approximate surface area is 117 Å². The molecule has 0 radical (unpaired) electrons. The van der Waals surface area contributed by atoms with Crippen molar-refractivity contribution in [2.45, 2.75) is 13.3 Å². The fourth-order valence-electron chi connectivity index (χ4n) is 2.15. The quantitative estimate of drug-likeness (QED) is 0.867. The number of nitrogens with zero attached hydrogens (tertiary/aromatic N) is 1. The van der Waals surface area contributed by atoms with Gasteiger partial charge in [-0.25, -0.2) is 0 Å². The van der Waals surface area contributed by atoms with Gasteiger partial charge in [-0.05, 0) is 13.0 Å². The molecule has 2 N–H and O–H groups in total. The van der Waals surface area contributed by atoms with Gasteiger partial charge < -0.3 is 15.2 Å². The molecule has 0 aliphatic carbocycles. The summed E-state index contributed by atoms with van der Waals surface area (Å²) in [5.41, 5.74) is 1.58. The number of benzene rings is 1. The van der Waals surface area contributed by atoms with E-state index >= 15 is 0 Å². The Bertz CT molecular complexity index is 676. The van der Waals surface area contributed by atoms with E-state index in [9.17, 15) is 9.59 Å². The maximum absolute atomic E-state index is 11.9. The van der Waals surface area contributed by atoms with Gasteiger partial charge >= 0.3 is 0 Å². The number of hydrogen-bond donors (Lipinski definition) is 2. The van der Waals surface area contributed by atoms with E-state index in [4.69, 9.17) is 0 Å². The fraction of sp³-hybridized carbons (Fsp3) is 0.333. The Balaban J connectivity index is 2.20. The van der Waals surface area contributed by atoms with Crippen LogP contribution in [-0.2, 0) is 11.8 Å². The summed E-state index contributed by atoms with van der Waals surface area (Å²) >= 11 is 0. The van der Waals surface area contributed by atoms with Crippen molar-refractivity contribution in [1.29, 1.82) is 0 Å². The number of carbonyl (C=O) groups is 1. The first-order chi connectivity index (χ1) is 9.63. The molecule has 1 amide bonds. The molecule has 1 aromatic heterocycles. The molecule has 0 aliphatic heterocycles. The van der Waals surface area contributed by atoms with Crippen LogP contribution in [0.5, 0.6) is 0 Å². The van der Waals surface area contributed by atoms with Crippen molar-refractivity contribution in [3.63, 3.8) is 0 Å². The normalized spacial score (nSPS) is 10.5. The van der Waals surface area contributed by atoms with Gasteiger partial charge in [0, 0.05) is 43.7 Å². The van der Waals surface area contributed by atoms with Gasteiger partial charge in [0.2, 0.25) is 5.91 Å². The molecule has 0 unspecified atom stereocenters. The molecule has 20 heavy (non-hydrogen) atoms. The molecule has 2 aromatic rings. The number of rotatable bonds is 5. The number of amides is 1. The van der Waals surface area contributed by atoms with Gasteiger partial charge in [0.1, 0.15) is 0 Å². The lowest BCUT2D eigenvalue weighted by molar-refractivity contribution is -0.120.